The number of aliphatic carboxylic acids is 1. The Bertz CT molecular complexity index is 787. The molecule has 6 atom stereocenters. The molecule has 0 aromatic carbocycles. The molecule has 0 heterocycles. The lowest BCUT2D eigenvalue weighted by Gasteiger charge is -2.28. The smallest absolute Gasteiger partial charge is 0.305 e. The quantitative estimate of drug-likeness (QED) is 0.151. The molecule has 0 saturated carbocycles. The second kappa shape index (κ2) is 15.9. The molecule has 12 nitrogen and oxygen atoms in total. The molecule has 0 bridgehead atoms. The predicted molar refractivity (Wildman–Crippen MR) is 133 cm³/mol. The van der Waals surface area contributed by atoms with E-state index in [1.807, 2.05) is 27.7 Å². The van der Waals surface area contributed by atoms with Crippen LogP contribution in [0.5, 0.6) is 0 Å². The SMILES string of the molecule is CC[C@H](C)[C@@H](C=O)NC(=O)[C@H](C)NC(=O)[C@@H](NC(=O)[C@H](CC(C)C)NC(=O)[C@@H](N)CC(=O)O)C(C)C. The molecule has 0 unspecified atom stereocenters. The number of carbonyl (C=O) groups excluding carboxylic acids is 5. The third kappa shape index (κ3) is 11.6. The molecule has 7 N–H and O–H groups in total. The minimum atomic E-state index is -1.33. The van der Waals surface area contributed by atoms with Crippen LogP contribution in [-0.4, -0.2) is 71.2 Å². The van der Waals surface area contributed by atoms with Crippen molar-refractivity contribution in [2.75, 3.05) is 0 Å². The minimum Gasteiger partial charge on any atom is -0.481 e. The number of amides is 4. The van der Waals surface area contributed by atoms with Gasteiger partial charge in [-0.25, -0.2) is 0 Å². The lowest BCUT2D eigenvalue weighted by atomic mass is 9.99. The molecule has 0 aliphatic rings. The highest BCUT2D eigenvalue weighted by molar-refractivity contribution is 5.95. The van der Waals surface area contributed by atoms with E-state index in [9.17, 15) is 28.8 Å². The van der Waals surface area contributed by atoms with E-state index in [1.54, 1.807) is 13.8 Å². The molecule has 206 valence electrons. The second-order valence-corrected chi connectivity index (χ2v) is 9.91. The molecule has 0 radical (unpaired) electrons. The highest BCUT2D eigenvalue weighted by Gasteiger charge is 2.32. The van der Waals surface area contributed by atoms with Crippen LogP contribution in [0.1, 0.15) is 67.7 Å². The fourth-order valence-corrected chi connectivity index (χ4v) is 3.27. The van der Waals surface area contributed by atoms with Gasteiger partial charge in [-0.05, 0) is 31.1 Å². The van der Waals surface area contributed by atoms with Crippen molar-refractivity contribution in [2.24, 2.45) is 23.5 Å². The molecule has 0 spiro atoms. The molecule has 0 aliphatic heterocycles. The van der Waals surface area contributed by atoms with Gasteiger partial charge in [0.25, 0.3) is 0 Å². The number of hydrogen-bond acceptors (Lipinski definition) is 7. The van der Waals surface area contributed by atoms with Gasteiger partial charge in [-0.1, -0.05) is 48.0 Å². The summed E-state index contributed by atoms with van der Waals surface area (Å²) in [4.78, 5) is 72.9. The van der Waals surface area contributed by atoms with Gasteiger partial charge in [0, 0.05) is 0 Å². The van der Waals surface area contributed by atoms with Crippen molar-refractivity contribution < 1.29 is 33.9 Å². The maximum Gasteiger partial charge on any atom is 0.305 e. The van der Waals surface area contributed by atoms with Crippen molar-refractivity contribution >= 4 is 35.9 Å². The van der Waals surface area contributed by atoms with Crippen LogP contribution >= 0.6 is 0 Å². The largest absolute Gasteiger partial charge is 0.481 e. The molecular weight excluding hydrogens is 470 g/mol. The monoisotopic (exact) mass is 513 g/mol. The number of nitrogens with two attached hydrogens (primary N) is 1. The average Bonchev–Trinajstić information content (AvgIpc) is 2.78. The summed E-state index contributed by atoms with van der Waals surface area (Å²) in [6.07, 6.45) is 0.969. The average molecular weight is 514 g/mol. The Hall–Kier alpha value is -3.02. The first kappa shape index (κ1) is 33.0. The Balaban J connectivity index is 5.39. The van der Waals surface area contributed by atoms with E-state index in [0.29, 0.717) is 12.7 Å². The van der Waals surface area contributed by atoms with E-state index in [0.717, 1.165) is 0 Å². The van der Waals surface area contributed by atoms with Crippen molar-refractivity contribution in [1.29, 1.82) is 0 Å². The van der Waals surface area contributed by atoms with E-state index < -0.39 is 66.2 Å². The van der Waals surface area contributed by atoms with Crippen molar-refractivity contribution in [3.8, 4) is 0 Å². The first-order valence-corrected chi connectivity index (χ1v) is 12.3. The number of carboxylic acid groups (broad SMARTS) is 1. The van der Waals surface area contributed by atoms with Gasteiger partial charge < -0.3 is 36.9 Å². The lowest BCUT2D eigenvalue weighted by molar-refractivity contribution is -0.140. The van der Waals surface area contributed by atoms with Crippen LogP contribution in [0.4, 0.5) is 0 Å². The fourth-order valence-electron chi connectivity index (χ4n) is 3.27. The van der Waals surface area contributed by atoms with Crippen LogP contribution in [0.25, 0.3) is 0 Å². The van der Waals surface area contributed by atoms with E-state index in [-0.39, 0.29) is 24.2 Å². The zero-order chi connectivity index (χ0) is 28.2. The summed E-state index contributed by atoms with van der Waals surface area (Å²) in [6, 6.07) is -5.06. The molecular formula is C24H43N5O7. The molecule has 0 rings (SSSR count). The number of carboxylic acids is 1. The standard InChI is InChI=1S/C24H43N5O7/c1-8-14(6)18(11-30)28-21(33)15(7)26-24(36)20(13(4)5)29-23(35)17(9-12(2)3)27-22(34)16(25)10-19(31)32/h11-18,20H,8-10,25H2,1-7H3,(H,26,36)(H,27,34)(H,28,33)(H,29,35)(H,31,32)/t14-,15-,16-,17-,18+,20-/m0/s1. The fraction of sp³-hybridized carbons (Fsp3) is 0.750. The Morgan fingerprint density at radius 1 is 0.833 bits per heavy atom. The third-order valence-electron chi connectivity index (χ3n) is 5.78. The zero-order valence-corrected chi connectivity index (χ0v) is 22.3. The minimum absolute atomic E-state index is 0.0110. The van der Waals surface area contributed by atoms with Gasteiger partial charge in [0.05, 0.1) is 18.5 Å². The summed E-state index contributed by atoms with van der Waals surface area (Å²) in [7, 11) is 0. The van der Waals surface area contributed by atoms with Crippen LogP contribution in [0.3, 0.4) is 0 Å². The van der Waals surface area contributed by atoms with Gasteiger partial charge in [0.15, 0.2) is 0 Å². The number of rotatable bonds is 16. The highest BCUT2D eigenvalue weighted by Crippen LogP contribution is 2.09. The molecule has 36 heavy (non-hydrogen) atoms. The van der Waals surface area contributed by atoms with Crippen LogP contribution in [0.2, 0.25) is 0 Å². The van der Waals surface area contributed by atoms with Gasteiger partial charge >= 0.3 is 5.97 Å². The van der Waals surface area contributed by atoms with Gasteiger partial charge in [-0.2, -0.15) is 0 Å². The normalized spacial score (nSPS) is 16.2. The predicted octanol–water partition coefficient (Wildman–Crippen LogP) is -0.305. The number of carbonyl (C=O) groups is 6. The third-order valence-corrected chi connectivity index (χ3v) is 5.78. The first-order chi connectivity index (χ1) is 16.6. The summed E-state index contributed by atoms with van der Waals surface area (Å²) in [5, 5.41) is 19.1. The maximum absolute atomic E-state index is 13.0. The number of aldehydes is 1. The van der Waals surface area contributed by atoms with Gasteiger partial charge in [0.2, 0.25) is 23.6 Å². The lowest BCUT2D eigenvalue weighted by Crippen LogP contribution is -2.59. The Morgan fingerprint density at radius 3 is 1.86 bits per heavy atom. The number of hydrogen-bond donors (Lipinski definition) is 6. The van der Waals surface area contributed by atoms with Gasteiger partial charge in [-0.15, -0.1) is 0 Å². The Morgan fingerprint density at radius 2 is 1.42 bits per heavy atom. The maximum atomic E-state index is 13.0. The first-order valence-electron chi connectivity index (χ1n) is 12.3. The summed E-state index contributed by atoms with van der Waals surface area (Å²) >= 11 is 0. The van der Waals surface area contributed by atoms with E-state index in [1.165, 1.54) is 6.92 Å². The highest BCUT2D eigenvalue weighted by atomic mass is 16.4. The zero-order valence-electron chi connectivity index (χ0n) is 22.3. The molecule has 0 saturated heterocycles. The topological polar surface area (TPSA) is 197 Å². The molecule has 0 aliphatic carbocycles. The van der Waals surface area contributed by atoms with Crippen LogP contribution in [-0.2, 0) is 28.8 Å². The van der Waals surface area contributed by atoms with Crippen molar-refractivity contribution in [3.63, 3.8) is 0 Å². The van der Waals surface area contributed by atoms with Crippen LogP contribution in [0.15, 0.2) is 0 Å². The summed E-state index contributed by atoms with van der Waals surface area (Å²) in [6.45, 7) is 12.3. The molecule has 0 aromatic heterocycles. The summed E-state index contributed by atoms with van der Waals surface area (Å²) in [5.41, 5.74) is 5.60. The van der Waals surface area contributed by atoms with E-state index >= 15 is 0 Å². The van der Waals surface area contributed by atoms with Crippen molar-refractivity contribution in [2.45, 2.75) is 97.9 Å². The second-order valence-electron chi connectivity index (χ2n) is 9.91. The molecule has 0 fully saturated rings. The van der Waals surface area contributed by atoms with Crippen LogP contribution in [0, 0.1) is 17.8 Å². The van der Waals surface area contributed by atoms with E-state index in [4.69, 9.17) is 10.8 Å². The number of nitrogens with one attached hydrogen (secondary N) is 4. The van der Waals surface area contributed by atoms with Crippen LogP contribution < -0.4 is 27.0 Å². The van der Waals surface area contributed by atoms with Gasteiger partial charge in [-0.3, -0.25) is 24.0 Å². The molecule has 12 heteroatoms. The van der Waals surface area contributed by atoms with Gasteiger partial charge in [0.1, 0.15) is 24.4 Å². The molecule has 4 amide bonds. The summed E-state index contributed by atoms with van der Waals surface area (Å²) < 4.78 is 0. The van der Waals surface area contributed by atoms with Crippen molar-refractivity contribution in [1.82, 2.24) is 21.3 Å². The Labute approximate surface area is 212 Å². The molecule has 0 aromatic rings. The van der Waals surface area contributed by atoms with Crippen molar-refractivity contribution in [3.05, 3.63) is 0 Å². The Kier molecular flexibility index (Phi) is 14.5. The summed E-state index contributed by atoms with van der Waals surface area (Å²) in [5.74, 6) is -4.27. The van der Waals surface area contributed by atoms with E-state index in [2.05, 4.69) is 21.3 Å².